The van der Waals surface area contributed by atoms with Crippen molar-refractivity contribution in [2.24, 2.45) is 0 Å². The van der Waals surface area contributed by atoms with Gasteiger partial charge in [-0.3, -0.25) is 14.6 Å². The van der Waals surface area contributed by atoms with Crippen molar-refractivity contribution in [2.75, 3.05) is 38.2 Å². The standard InChI is InChI=1S/C22H26N4O3/c1-17(24-21(27)8-5-18-3-6-20(29-2)7-4-18)22(28)26-15-13-25(14-16-26)19-9-11-23-12-10-19/h3-12,17H,13-16H2,1-2H3,(H,24,27)/b8-5+. The number of methoxy groups -OCH3 is 1. The van der Waals surface area contributed by atoms with E-state index in [-0.39, 0.29) is 11.8 Å². The highest BCUT2D eigenvalue weighted by Gasteiger charge is 2.25. The monoisotopic (exact) mass is 394 g/mol. The van der Waals surface area contributed by atoms with Gasteiger partial charge in [0.2, 0.25) is 11.8 Å². The van der Waals surface area contributed by atoms with Crippen LogP contribution in [0, 0.1) is 0 Å². The first kappa shape index (κ1) is 20.4. The van der Waals surface area contributed by atoms with Crippen LogP contribution in [0.3, 0.4) is 0 Å². The summed E-state index contributed by atoms with van der Waals surface area (Å²) in [7, 11) is 1.61. The van der Waals surface area contributed by atoms with Crippen molar-refractivity contribution in [3.8, 4) is 5.75 Å². The molecule has 0 bridgehead atoms. The summed E-state index contributed by atoms with van der Waals surface area (Å²) >= 11 is 0. The van der Waals surface area contributed by atoms with Gasteiger partial charge in [-0.15, -0.1) is 0 Å². The first-order valence-electron chi connectivity index (χ1n) is 9.63. The number of ether oxygens (including phenoxy) is 1. The first-order valence-corrected chi connectivity index (χ1v) is 9.63. The number of pyridine rings is 1. The number of hydrogen-bond donors (Lipinski definition) is 1. The lowest BCUT2D eigenvalue weighted by Crippen LogP contribution is -2.54. The summed E-state index contributed by atoms with van der Waals surface area (Å²) in [5.74, 6) is 0.400. The molecule has 3 rings (SSSR count). The van der Waals surface area contributed by atoms with Crippen molar-refractivity contribution in [2.45, 2.75) is 13.0 Å². The summed E-state index contributed by atoms with van der Waals surface area (Å²) in [6.45, 7) is 4.49. The fourth-order valence-electron chi connectivity index (χ4n) is 3.22. The second-order valence-corrected chi connectivity index (χ2v) is 6.85. The van der Waals surface area contributed by atoms with Crippen LogP contribution in [0.1, 0.15) is 12.5 Å². The van der Waals surface area contributed by atoms with Gasteiger partial charge in [-0.25, -0.2) is 0 Å². The lowest BCUT2D eigenvalue weighted by Gasteiger charge is -2.37. The van der Waals surface area contributed by atoms with Crippen LogP contribution in [-0.4, -0.2) is 61.0 Å². The quantitative estimate of drug-likeness (QED) is 0.758. The van der Waals surface area contributed by atoms with Gasteiger partial charge in [-0.2, -0.15) is 0 Å². The van der Waals surface area contributed by atoms with Crippen molar-refractivity contribution in [1.29, 1.82) is 0 Å². The van der Waals surface area contributed by atoms with Gasteiger partial charge in [-0.05, 0) is 42.8 Å². The van der Waals surface area contributed by atoms with Crippen LogP contribution in [0.15, 0.2) is 54.9 Å². The maximum atomic E-state index is 12.7. The van der Waals surface area contributed by atoms with Crippen LogP contribution in [0.2, 0.25) is 0 Å². The molecule has 1 aliphatic heterocycles. The lowest BCUT2D eigenvalue weighted by molar-refractivity contribution is -0.135. The molecule has 0 saturated carbocycles. The molecule has 7 heteroatoms. The second-order valence-electron chi connectivity index (χ2n) is 6.85. The summed E-state index contributed by atoms with van der Waals surface area (Å²) in [5.41, 5.74) is 1.99. The molecule has 1 aliphatic rings. The Morgan fingerprint density at radius 3 is 2.34 bits per heavy atom. The summed E-state index contributed by atoms with van der Waals surface area (Å²) < 4.78 is 5.11. The van der Waals surface area contributed by atoms with Crippen molar-refractivity contribution >= 4 is 23.6 Å². The molecule has 0 spiro atoms. The van der Waals surface area contributed by atoms with Crippen molar-refractivity contribution in [1.82, 2.24) is 15.2 Å². The Kier molecular flexibility index (Phi) is 6.84. The van der Waals surface area contributed by atoms with Gasteiger partial charge < -0.3 is 19.9 Å². The summed E-state index contributed by atoms with van der Waals surface area (Å²) in [5, 5.41) is 2.75. The Labute approximate surface area is 171 Å². The van der Waals surface area contributed by atoms with Gasteiger partial charge in [0.25, 0.3) is 0 Å². The number of nitrogens with zero attached hydrogens (tertiary/aromatic N) is 3. The van der Waals surface area contributed by atoms with E-state index in [1.807, 2.05) is 36.4 Å². The number of nitrogens with one attached hydrogen (secondary N) is 1. The molecule has 0 radical (unpaired) electrons. The molecular formula is C22H26N4O3. The number of rotatable bonds is 6. The van der Waals surface area contributed by atoms with Crippen LogP contribution >= 0.6 is 0 Å². The largest absolute Gasteiger partial charge is 0.497 e. The number of hydrogen-bond acceptors (Lipinski definition) is 5. The van der Waals surface area contributed by atoms with E-state index in [0.29, 0.717) is 13.1 Å². The highest BCUT2D eigenvalue weighted by Crippen LogP contribution is 2.15. The molecular weight excluding hydrogens is 368 g/mol. The lowest BCUT2D eigenvalue weighted by atomic mass is 10.2. The average Bonchev–Trinajstić information content (AvgIpc) is 2.78. The molecule has 152 valence electrons. The number of amides is 2. The number of carbonyl (C=O) groups is 2. The van der Waals surface area contributed by atoms with Crippen molar-refractivity contribution < 1.29 is 14.3 Å². The fraction of sp³-hybridized carbons (Fsp3) is 0.318. The van der Waals surface area contributed by atoms with Gasteiger partial charge in [0.15, 0.2) is 0 Å². The highest BCUT2D eigenvalue weighted by molar-refractivity contribution is 5.95. The van der Waals surface area contributed by atoms with Gasteiger partial charge in [0, 0.05) is 50.3 Å². The van der Waals surface area contributed by atoms with Gasteiger partial charge >= 0.3 is 0 Å². The Balaban J connectivity index is 1.47. The Morgan fingerprint density at radius 1 is 1.07 bits per heavy atom. The van der Waals surface area contributed by atoms with E-state index in [9.17, 15) is 9.59 Å². The molecule has 2 aromatic rings. The maximum absolute atomic E-state index is 12.7. The first-order chi connectivity index (χ1) is 14.1. The summed E-state index contributed by atoms with van der Waals surface area (Å²) in [4.78, 5) is 32.9. The minimum absolute atomic E-state index is 0.0643. The molecule has 1 aromatic carbocycles. The minimum Gasteiger partial charge on any atom is -0.497 e. The maximum Gasteiger partial charge on any atom is 0.244 e. The minimum atomic E-state index is -0.574. The van der Waals surface area contributed by atoms with E-state index < -0.39 is 6.04 Å². The molecule has 29 heavy (non-hydrogen) atoms. The number of piperazine rings is 1. The van der Waals surface area contributed by atoms with Gasteiger partial charge in [-0.1, -0.05) is 12.1 Å². The Hall–Kier alpha value is -3.35. The zero-order chi connectivity index (χ0) is 20.6. The van der Waals surface area contributed by atoms with Crippen molar-refractivity contribution in [3.05, 3.63) is 60.4 Å². The number of benzene rings is 1. The molecule has 1 saturated heterocycles. The third-order valence-electron chi connectivity index (χ3n) is 4.89. The molecule has 0 aliphatic carbocycles. The average molecular weight is 394 g/mol. The van der Waals surface area contributed by atoms with Crippen molar-refractivity contribution in [3.63, 3.8) is 0 Å². The zero-order valence-electron chi connectivity index (χ0n) is 16.7. The third-order valence-corrected chi connectivity index (χ3v) is 4.89. The third kappa shape index (κ3) is 5.57. The van der Waals surface area contributed by atoms with Gasteiger partial charge in [0.05, 0.1) is 7.11 Å². The van der Waals surface area contributed by atoms with E-state index in [0.717, 1.165) is 30.1 Å². The van der Waals surface area contributed by atoms with E-state index >= 15 is 0 Å². The van der Waals surface area contributed by atoms with E-state index in [1.54, 1.807) is 37.4 Å². The molecule has 1 N–H and O–H groups in total. The predicted molar refractivity (Wildman–Crippen MR) is 113 cm³/mol. The van der Waals surface area contributed by atoms with Gasteiger partial charge in [0.1, 0.15) is 11.8 Å². The fourth-order valence-corrected chi connectivity index (χ4v) is 3.22. The van der Waals surface area contributed by atoms with Crippen LogP contribution in [0.5, 0.6) is 5.75 Å². The number of carbonyl (C=O) groups excluding carboxylic acids is 2. The smallest absolute Gasteiger partial charge is 0.244 e. The normalized spacial score (nSPS) is 15.2. The predicted octanol–water partition coefficient (Wildman–Crippen LogP) is 1.96. The second kappa shape index (κ2) is 9.73. The molecule has 2 amide bonds. The van der Waals surface area contributed by atoms with E-state index in [2.05, 4.69) is 15.2 Å². The van der Waals surface area contributed by atoms with Crippen LogP contribution in [0.4, 0.5) is 5.69 Å². The molecule has 1 atom stereocenters. The van der Waals surface area contributed by atoms with E-state index in [4.69, 9.17) is 4.74 Å². The molecule has 1 fully saturated rings. The van der Waals surface area contributed by atoms with Crippen LogP contribution in [0.25, 0.3) is 6.08 Å². The Morgan fingerprint density at radius 2 is 1.72 bits per heavy atom. The Bertz CT molecular complexity index is 844. The summed E-state index contributed by atoms with van der Waals surface area (Å²) in [6.07, 6.45) is 6.68. The number of aromatic nitrogens is 1. The van der Waals surface area contributed by atoms with Crippen LogP contribution in [-0.2, 0) is 9.59 Å². The number of anilines is 1. The molecule has 2 heterocycles. The molecule has 1 aromatic heterocycles. The molecule has 7 nitrogen and oxygen atoms in total. The highest BCUT2D eigenvalue weighted by atomic mass is 16.5. The summed E-state index contributed by atoms with van der Waals surface area (Å²) in [6, 6.07) is 10.7. The zero-order valence-corrected chi connectivity index (χ0v) is 16.7. The SMILES string of the molecule is COc1ccc(/C=C/C(=O)NC(C)C(=O)N2CCN(c3ccncc3)CC2)cc1. The topological polar surface area (TPSA) is 74.8 Å². The molecule has 1 unspecified atom stereocenters. The van der Waals surface area contributed by atoms with E-state index in [1.165, 1.54) is 6.08 Å². The van der Waals surface area contributed by atoms with Crippen LogP contribution < -0.4 is 15.0 Å².